The number of guanidine groups is 1. The van der Waals surface area contributed by atoms with Crippen molar-refractivity contribution in [3.63, 3.8) is 0 Å². The second kappa shape index (κ2) is 8.84. The molecule has 21 heavy (non-hydrogen) atoms. The maximum absolute atomic E-state index is 5.34. The Kier molecular flexibility index (Phi) is 8.27. The van der Waals surface area contributed by atoms with Gasteiger partial charge in [0.25, 0.3) is 0 Å². The van der Waals surface area contributed by atoms with E-state index in [1.54, 1.807) is 0 Å². The number of nitrogens with zero attached hydrogens (tertiary/aromatic N) is 3. The highest BCUT2D eigenvalue weighted by molar-refractivity contribution is 7.13. The van der Waals surface area contributed by atoms with Crippen molar-refractivity contribution in [2.75, 3.05) is 14.1 Å². The van der Waals surface area contributed by atoms with Gasteiger partial charge in [-0.1, -0.05) is 18.2 Å². The van der Waals surface area contributed by atoms with Crippen LogP contribution in [0.5, 0.6) is 0 Å². The number of aliphatic imine (C=N–C) groups is 1. The average Bonchev–Trinajstić information content (AvgIpc) is 2.76. The Morgan fingerprint density at radius 3 is 2.62 bits per heavy atom. The fourth-order valence-electron chi connectivity index (χ4n) is 1.75. The van der Waals surface area contributed by atoms with Crippen molar-refractivity contribution in [2.45, 2.75) is 6.54 Å². The predicted octanol–water partition coefficient (Wildman–Crippen LogP) is 2.62. The zero-order valence-corrected chi connectivity index (χ0v) is 14.3. The Morgan fingerprint density at radius 2 is 2.00 bits per heavy atom. The molecule has 0 bridgehead atoms. The van der Waals surface area contributed by atoms with Crippen molar-refractivity contribution in [1.82, 2.24) is 9.88 Å². The molecule has 0 spiro atoms. The summed E-state index contributed by atoms with van der Waals surface area (Å²) in [5.74, 6) is 0.0299. The van der Waals surface area contributed by atoms with Gasteiger partial charge in [0.1, 0.15) is 0 Å². The van der Waals surface area contributed by atoms with Crippen LogP contribution >= 0.6 is 36.2 Å². The number of hydrogen-bond donors (Lipinski definition) is 2. The van der Waals surface area contributed by atoms with Crippen LogP contribution in [-0.4, -0.2) is 29.9 Å². The van der Waals surface area contributed by atoms with Crippen molar-refractivity contribution in [2.24, 2.45) is 16.5 Å². The average molecular weight is 348 g/mol. The second-order valence-corrected chi connectivity index (χ2v) is 5.33. The van der Waals surface area contributed by atoms with E-state index in [2.05, 4.69) is 27.0 Å². The van der Waals surface area contributed by atoms with Gasteiger partial charge < -0.3 is 16.4 Å². The summed E-state index contributed by atoms with van der Waals surface area (Å²) in [6.07, 6.45) is 0. The maximum Gasteiger partial charge on any atom is 0.212 e. The molecule has 8 heteroatoms. The first kappa shape index (κ1) is 19.7. The Hall–Kier alpha value is -1.34. The van der Waals surface area contributed by atoms with Gasteiger partial charge in [0, 0.05) is 17.5 Å². The van der Waals surface area contributed by atoms with Crippen LogP contribution in [0, 0.1) is 0 Å². The summed E-state index contributed by atoms with van der Waals surface area (Å²) in [4.78, 5) is 10.5. The lowest BCUT2D eigenvalue weighted by Crippen LogP contribution is -2.21. The van der Waals surface area contributed by atoms with E-state index >= 15 is 0 Å². The third-order valence-electron chi connectivity index (χ3n) is 2.44. The van der Waals surface area contributed by atoms with E-state index in [9.17, 15) is 0 Å². The Morgan fingerprint density at radius 1 is 1.29 bits per heavy atom. The summed E-state index contributed by atoms with van der Waals surface area (Å²) < 4.78 is 0. The molecular formula is C13H19Cl2N5S. The fraction of sp³-hybridized carbons (Fsp3) is 0.231. The summed E-state index contributed by atoms with van der Waals surface area (Å²) in [5.41, 5.74) is 13.9. The SMILES string of the molecule is CN(C)Cc1cccc(-c2csc(N=C(N)N)n2)c1.Cl.Cl. The van der Waals surface area contributed by atoms with E-state index in [1.165, 1.54) is 16.9 Å². The molecular weight excluding hydrogens is 329 g/mol. The molecule has 0 aliphatic heterocycles. The highest BCUT2D eigenvalue weighted by atomic mass is 35.5. The molecule has 1 aromatic heterocycles. The lowest BCUT2D eigenvalue weighted by Gasteiger charge is -2.10. The largest absolute Gasteiger partial charge is 0.370 e. The van der Waals surface area contributed by atoms with Gasteiger partial charge in [0.05, 0.1) is 5.69 Å². The van der Waals surface area contributed by atoms with Crippen LogP contribution in [0.2, 0.25) is 0 Å². The van der Waals surface area contributed by atoms with Crippen LogP contribution in [0.1, 0.15) is 5.56 Å². The number of benzene rings is 1. The van der Waals surface area contributed by atoms with Gasteiger partial charge in [0.15, 0.2) is 5.96 Å². The number of nitrogens with two attached hydrogens (primary N) is 2. The standard InChI is InChI=1S/C13H17N5S.2ClH/c1-18(2)7-9-4-3-5-10(6-9)11-8-19-13(16-11)17-12(14)15;;/h3-6,8H,7H2,1-2H3,(H4,14,15,16,17);2*1H. The van der Waals surface area contributed by atoms with Crippen LogP contribution < -0.4 is 11.5 Å². The van der Waals surface area contributed by atoms with Gasteiger partial charge in [-0.05, 0) is 25.7 Å². The molecule has 2 rings (SSSR count). The normalized spacial score (nSPS) is 9.67. The summed E-state index contributed by atoms with van der Waals surface area (Å²) in [6.45, 7) is 0.902. The van der Waals surface area contributed by atoms with Crippen LogP contribution in [0.15, 0.2) is 34.6 Å². The second-order valence-electron chi connectivity index (χ2n) is 4.49. The molecule has 5 nitrogen and oxygen atoms in total. The van der Waals surface area contributed by atoms with E-state index in [0.29, 0.717) is 5.13 Å². The molecule has 1 aromatic carbocycles. The van der Waals surface area contributed by atoms with E-state index < -0.39 is 0 Å². The van der Waals surface area contributed by atoms with Crippen molar-refractivity contribution in [3.8, 4) is 11.3 Å². The third-order valence-corrected chi connectivity index (χ3v) is 3.17. The number of rotatable bonds is 4. The van der Waals surface area contributed by atoms with E-state index in [-0.39, 0.29) is 30.8 Å². The van der Waals surface area contributed by atoms with Crippen LogP contribution in [0.25, 0.3) is 11.3 Å². The Labute approximate surface area is 140 Å². The maximum atomic E-state index is 5.34. The molecule has 0 fully saturated rings. The molecule has 0 aliphatic rings. The van der Waals surface area contributed by atoms with Crippen molar-refractivity contribution >= 4 is 47.2 Å². The molecule has 0 aliphatic carbocycles. The minimum Gasteiger partial charge on any atom is -0.370 e. The van der Waals surface area contributed by atoms with Gasteiger partial charge in [0.2, 0.25) is 5.13 Å². The van der Waals surface area contributed by atoms with Crippen LogP contribution in [-0.2, 0) is 6.54 Å². The molecule has 0 radical (unpaired) electrons. The van der Waals surface area contributed by atoms with Gasteiger partial charge >= 0.3 is 0 Å². The highest BCUT2D eigenvalue weighted by Crippen LogP contribution is 2.27. The number of halogens is 2. The van der Waals surface area contributed by atoms with Gasteiger partial charge in [-0.15, -0.1) is 36.2 Å². The first-order valence-corrected chi connectivity index (χ1v) is 6.72. The zero-order chi connectivity index (χ0) is 13.8. The lowest BCUT2D eigenvalue weighted by molar-refractivity contribution is 0.402. The minimum absolute atomic E-state index is 0. The van der Waals surface area contributed by atoms with E-state index in [1.807, 2.05) is 31.6 Å². The molecule has 0 saturated carbocycles. The van der Waals surface area contributed by atoms with Gasteiger partial charge in [-0.25, -0.2) is 4.98 Å². The quantitative estimate of drug-likeness (QED) is 0.657. The highest BCUT2D eigenvalue weighted by Gasteiger charge is 2.05. The Bertz CT molecular complexity index is 594. The summed E-state index contributed by atoms with van der Waals surface area (Å²) >= 11 is 1.42. The zero-order valence-electron chi connectivity index (χ0n) is 11.8. The molecule has 0 amide bonds. The molecule has 2 aromatic rings. The molecule has 0 saturated heterocycles. The van der Waals surface area contributed by atoms with E-state index in [4.69, 9.17) is 11.5 Å². The van der Waals surface area contributed by atoms with Crippen molar-refractivity contribution < 1.29 is 0 Å². The van der Waals surface area contributed by atoms with Crippen LogP contribution in [0.3, 0.4) is 0 Å². The first-order valence-electron chi connectivity index (χ1n) is 5.84. The van der Waals surface area contributed by atoms with Gasteiger partial charge in [-0.3, -0.25) is 0 Å². The molecule has 116 valence electrons. The first-order chi connectivity index (χ1) is 9.04. The van der Waals surface area contributed by atoms with Crippen LogP contribution in [0.4, 0.5) is 5.13 Å². The summed E-state index contributed by atoms with van der Waals surface area (Å²) in [7, 11) is 4.10. The molecule has 1 heterocycles. The lowest BCUT2D eigenvalue weighted by atomic mass is 10.1. The number of aromatic nitrogens is 1. The monoisotopic (exact) mass is 347 g/mol. The minimum atomic E-state index is 0. The molecule has 4 N–H and O–H groups in total. The smallest absolute Gasteiger partial charge is 0.212 e. The molecule has 0 unspecified atom stereocenters. The summed E-state index contributed by atoms with van der Waals surface area (Å²) in [5, 5.41) is 2.53. The Balaban J connectivity index is 0.00000200. The topological polar surface area (TPSA) is 80.5 Å². The van der Waals surface area contributed by atoms with Crippen molar-refractivity contribution in [1.29, 1.82) is 0 Å². The van der Waals surface area contributed by atoms with Gasteiger partial charge in [-0.2, -0.15) is 4.99 Å². The summed E-state index contributed by atoms with van der Waals surface area (Å²) in [6, 6.07) is 8.31. The predicted molar refractivity (Wildman–Crippen MR) is 94.9 cm³/mol. The number of thiazole rings is 1. The van der Waals surface area contributed by atoms with E-state index in [0.717, 1.165) is 17.8 Å². The third kappa shape index (κ3) is 5.89. The van der Waals surface area contributed by atoms with Crippen molar-refractivity contribution in [3.05, 3.63) is 35.2 Å². The number of hydrogen-bond acceptors (Lipinski definition) is 4. The fourth-order valence-corrected chi connectivity index (χ4v) is 2.47. The molecule has 0 atom stereocenters.